The fourth-order valence-corrected chi connectivity index (χ4v) is 1.02. The first kappa shape index (κ1) is 10.6. The SMILES string of the molecule is CNC(=O)Cn1nc(C(F)F)cc1C. The summed E-state index contributed by atoms with van der Waals surface area (Å²) in [4.78, 5) is 11.0. The monoisotopic (exact) mass is 203 g/mol. The van der Waals surface area contributed by atoms with Crippen LogP contribution in [0.3, 0.4) is 0 Å². The minimum atomic E-state index is -2.60. The molecule has 0 radical (unpaired) electrons. The molecular weight excluding hydrogens is 192 g/mol. The lowest BCUT2D eigenvalue weighted by Gasteiger charge is -2.01. The highest BCUT2D eigenvalue weighted by molar-refractivity contribution is 5.75. The Hall–Kier alpha value is -1.46. The number of halogens is 2. The van der Waals surface area contributed by atoms with Gasteiger partial charge >= 0.3 is 0 Å². The largest absolute Gasteiger partial charge is 0.358 e. The molecule has 1 N–H and O–H groups in total. The molecule has 0 fully saturated rings. The number of nitrogens with one attached hydrogen (secondary N) is 1. The summed E-state index contributed by atoms with van der Waals surface area (Å²) in [5.74, 6) is -0.267. The first-order chi connectivity index (χ1) is 6.54. The van der Waals surface area contributed by atoms with Crippen molar-refractivity contribution in [2.24, 2.45) is 0 Å². The smallest absolute Gasteiger partial charge is 0.282 e. The van der Waals surface area contributed by atoms with Crippen molar-refractivity contribution < 1.29 is 13.6 Å². The molecule has 4 nitrogen and oxygen atoms in total. The average Bonchev–Trinajstić information content (AvgIpc) is 2.48. The zero-order chi connectivity index (χ0) is 10.7. The number of nitrogens with zero attached hydrogens (tertiary/aromatic N) is 2. The molecule has 0 saturated carbocycles. The van der Waals surface area contributed by atoms with E-state index in [0.29, 0.717) is 5.69 Å². The van der Waals surface area contributed by atoms with Crippen LogP contribution < -0.4 is 5.32 Å². The predicted octanol–water partition coefficient (Wildman–Crippen LogP) is 0.875. The van der Waals surface area contributed by atoms with Gasteiger partial charge < -0.3 is 5.32 Å². The van der Waals surface area contributed by atoms with Crippen LogP contribution in [0.25, 0.3) is 0 Å². The van der Waals surface area contributed by atoms with Crippen LogP contribution in [0.1, 0.15) is 17.8 Å². The van der Waals surface area contributed by atoms with E-state index < -0.39 is 6.43 Å². The zero-order valence-corrected chi connectivity index (χ0v) is 7.92. The number of carbonyl (C=O) groups is 1. The van der Waals surface area contributed by atoms with Gasteiger partial charge in [-0.15, -0.1) is 0 Å². The van der Waals surface area contributed by atoms with Crippen LogP contribution in [-0.4, -0.2) is 22.7 Å². The lowest BCUT2D eigenvalue weighted by atomic mass is 10.4. The van der Waals surface area contributed by atoms with Crippen molar-refractivity contribution in [2.75, 3.05) is 7.05 Å². The third kappa shape index (κ3) is 2.27. The Morgan fingerprint density at radius 1 is 1.71 bits per heavy atom. The van der Waals surface area contributed by atoms with Gasteiger partial charge in [-0.05, 0) is 13.0 Å². The second-order valence-corrected chi connectivity index (χ2v) is 2.84. The number of aryl methyl sites for hydroxylation is 1. The molecule has 14 heavy (non-hydrogen) atoms. The van der Waals surface area contributed by atoms with E-state index in [0.717, 1.165) is 0 Å². The average molecular weight is 203 g/mol. The molecule has 0 saturated heterocycles. The van der Waals surface area contributed by atoms with E-state index in [2.05, 4.69) is 10.4 Å². The highest BCUT2D eigenvalue weighted by Crippen LogP contribution is 2.17. The minimum Gasteiger partial charge on any atom is -0.358 e. The molecule has 0 atom stereocenters. The predicted molar refractivity (Wildman–Crippen MR) is 46.0 cm³/mol. The summed E-state index contributed by atoms with van der Waals surface area (Å²) in [7, 11) is 1.48. The van der Waals surface area contributed by atoms with Gasteiger partial charge in [-0.1, -0.05) is 0 Å². The maximum Gasteiger partial charge on any atom is 0.282 e. The summed E-state index contributed by atoms with van der Waals surface area (Å²) < 4.78 is 25.7. The van der Waals surface area contributed by atoms with E-state index in [9.17, 15) is 13.6 Å². The molecule has 1 aromatic rings. The molecule has 0 aliphatic rings. The number of alkyl halides is 2. The van der Waals surface area contributed by atoms with Gasteiger partial charge in [-0.25, -0.2) is 8.78 Å². The molecule has 6 heteroatoms. The van der Waals surface area contributed by atoms with Gasteiger partial charge in [0.15, 0.2) is 0 Å². The van der Waals surface area contributed by atoms with Gasteiger partial charge in [0, 0.05) is 12.7 Å². The van der Waals surface area contributed by atoms with Gasteiger partial charge in [0.05, 0.1) is 0 Å². The second-order valence-electron chi connectivity index (χ2n) is 2.84. The Balaban J connectivity index is 2.82. The number of amides is 1. The van der Waals surface area contributed by atoms with Crippen molar-refractivity contribution in [3.63, 3.8) is 0 Å². The lowest BCUT2D eigenvalue weighted by molar-refractivity contribution is -0.121. The van der Waals surface area contributed by atoms with Gasteiger partial charge in [0.25, 0.3) is 6.43 Å². The Kier molecular flexibility index (Phi) is 3.16. The third-order valence-corrected chi connectivity index (χ3v) is 1.80. The van der Waals surface area contributed by atoms with Crippen molar-refractivity contribution >= 4 is 5.91 Å². The summed E-state index contributed by atoms with van der Waals surface area (Å²) in [6.45, 7) is 1.59. The Morgan fingerprint density at radius 2 is 2.36 bits per heavy atom. The lowest BCUT2D eigenvalue weighted by Crippen LogP contribution is -2.24. The van der Waals surface area contributed by atoms with Crippen LogP contribution >= 0.6 is 0 Å². The summed E-state index contributed by atoms with van der Waals surface area (Å²) in [6.07, 6.45) is -2.60. The molecule has 1 amide bonds. The maximum atomic E-state index is 12.2. The van der Waals surface area contributed by atoms with Crippen LogP contribution in [-0.2, 0) is 11.3 Å². The minimum absolute atomic E-state index is 0.0327. The molecule has 1 aromatic heterocycles. The second kappa shape index (κ2) is 4.17. The molecule has 0 aliphatic carbocycles. The summed E-state index contributed by atoms with van der Waals surface area (Å²) in [6, 6.07) is 1.27. The molecule has 1 rings (SSSR count). The quantitative estimate of drug-likeness (QED) is 0.792. The van der Waals surface area contributed by atoms with E-state index >= 15 is 0 Å². The van der Waals surface area contributed by atoms with Crippen molar-refractivity contribution in [3.05, 3.63) is 17.5 Å². The number of likely N-dealkylation sites (N-methyl/N-ethyl adjacent to an activating group) is 1. The summed E-state index contributed by atoms with van der Waals surface area (Å²) in [5, 5.41) is 5.99. The number of aromatic nitrogens is 2. The van der Waals surface area contributed by atoms with E-state index in [-0.39, 0.29) is 18.1 Å². The third-order valence-electron chi connectivity index (χ3n) is 1.80. The maximum absolute atomic E-state index is 12.2. The van der Waals surface area contributed by atoms with Crippen LogP contribution in [0.5, 0.6) is 0 Å². The highest BCUT2D eigenvalue weighted by atomic mass is 19.3. The van der Waals surface area contributed by atoms with Crippen molar-refractivity contribution in [2.45, 2.75) is 19.9 Å². The number of hydrogen-bond donors (Lipinski definition) is 1. The summed E-state index contributed by atoms with van der Waals surface area (Å²) >= 11 is 0. The molecule has 0 aliphatic heterocycles. The van der Waals surface area contributed by atoms with Gasteiger partial charge in [-0.3, -0.25) is 9.48 Å². The molecule has 78 valence electrons. The first-order valence-corrected chi connectivity index (χ1v) is 4.07. The topological polar surface area (TPSA) is 46.9 Å². The van der Waals surface area contributed by atoms with Crippen LogP contribution in [0.2, 0.25) is 0 Å². The molecule has 0 aromatic carbocycles. The standard InChI is InChI=1S/C8H11F2N3O/c1-5-3-6(8(9)10)12-13(5)4-7(14)11-2/h3,8H,4H2,1-2H3,(H,11,14). The number of rotatable bonds is 3. The van der Waals surface area contributed by atoms with Crippen molar-refractivity contribution in [1.82, 2.24) is 15.1 Å². The van der Waals surface area contributed by atoms with Crippen LogP contribution in [0.15, 0.2) is 6.07 Å². The van der Waals surface area contributed by atoms with Gasteiger partial charge in [0.2, 0.25) is 5.91 Å². The highest BCUT2D eigenvalue weighted by Gasteiger charge is 2.14. The fourth-order valence-electron chi connectivity index (χ4n) is 1.02. The van der Waals surface area contributed by atoms with Crippen molar-refractivity contribution in [1.29, 1.82) is 0 Å². The Bertz CT molecular complexity index is 335. The fraction of sp³-hybridized carbons (Fsp3) is 0.500. The summed E-state index contributed by atoms with van der Waals surface area (Å²) in [5.41, 5.74) is 0.246. The molecule has 0 unspecified atom stereocenters. The molecular formula is C8H11F2N3O. The Morgan fingerprint density at radius 3 is 2.79 bits per heavy atom. The van der Waals surface area contributed by atoms with E-state index in [1.807, 2.05) is 0 Å². The normalized spacial score (nSPS) is 10.6. The molecule has 1 heterocycles. The zero-order valence-electron chi connectivity index (χ0n) is 7.92. The number of carbonyl (C=O) groups excluding carboxylic acids is 1. The van der Waals surface area contributed by atoms with Crippen molar-refractivity contribution in [3.8, 4) is 0 Å². The van der Waals surface area contributed by atoms with Crippen LogP contribution in [0.4, 0.5) is 8.78 Å². The molecule has 0 bridgehead atoms. The van der Waals surface area contributed by atoms with Crippen LogP contribution in [0, 0.1) is 6.92 Å². The Labute approximate surface area is 79.9 Å². The first-order valence-electron chi connectivity index (χ1n) is 4.07. The molecule has 0 spiro atoms. The van der Waals surface area contributed by atoms with E-state index in [1.54, 1.807) is 6.92 Å². The number of hydrogen-bond acceptors (Lipinski definition) is 2. The van der Waals surface area contributed by atoms with E-state index in [1.165, 1.54) is 17.8 Å². The van der Waals surface area contributed by atoms with Gasteiger partial charge in [-0.2, -0.15) is 5.10 Å². The van der Waals surface area contributed by atoms with E-state index in [4.69, 9.17) is 0 Å². The van der Waals surface area contributed by atoms with Gasteiger partial charge in [0.1, 0.15) is 12.2 Å².